The molecule has 3 fully saturated rings. The minimum atomic E-state index is -4.94. The summed E-state index contributed by atoms with van der Waals surface area (Å²) in [6, 6.07) is 18.7. The SMILES string of the molecule is CC(C)n1cc(-c2ccc(-c3ccc(Cl)c4c(CS(C)(=O)=O)nn(C)c34)c([C@@H](CC(=O)Cn3cc(C(F)(F)F)c4c3C(F)(F)[C@@H]3C[C@H]43)Cc3cc(F)cc(F)c3)n2)cn1.CC(C)n1cc(B2OC(C)(C)C(C)(C)O2)cn1.Cn1nc(CS(C)(=O)=O)c2c(Cl)ccc(-c3ccc(Cl)nc3[C@@H](CC(=O)Cn3cc(C(F)(F)F)c4c3C(F)(F)[C@@H]3C[C@H]43)Cc3cc(F)cc(F)c3)c21. The summed E-state index contributed by atoms with van der Waals surface area (Å²) in [5.74, 6) is -19.7. The van der Waals surface area contributed by atoms with E-state index in [-0.39, 0.29) is 99.1 Å². The third kappa shape index (κ3) is 18.4. The molecule has 9 heterocycles. The summed E-state index contributed by atoms with van der Waals surface area (Å²) >= 11 is 19.6. The molecule has 678 valence electrons. The molecule has 0 unspecified atom stereocenters. The molecule has 2 saturated carbocycles. The van der Waals surface area contributed by atoms with Crippen LogP contribution < -0.4 is 5.46 Å². The van der Waals surface area contributed by atoms with Crippen LogP contribution in [-0.2, 0) is 114 Å². The summed E-state index contributed by atoms with van der Waals surface area (Å²) in [5, 5.41) is 18.6. The summed E-state index contributed by atoms with van der Waals surface area (Å²) in [6.45, 7) is 14.6. The molecule has 4 aliphatic carbocycles. The van der Waals surface area contributed by atoms with E-state index >= 15 is 17.6 Å². The molecule has 5 aliphatic rings. The normalized spacial score (nSPS) is 18.7. The van der Waals surface area contributed by atoms with Gasteiger partial charge in [0.05, 0.1) is 114 Å². The van der Waals surface area contributed by atoms with Crippen LogP contribution in [-0.4, -0.2) is 117 Å². The number of Topliss-reactive ketones (excluding diaryl/α,β-unsaturated/α-hetero) is 2. The zero-order valence-electron chi connectivity index (χ0n) is 70.7. The summed E-state index contributed by atoms with van der Waals surface area (Å²) in [6.07, 6.45) is -1.10. The number of carbonyl (C=O) groups is 2. The van der Waals surface area contributed by atoms with Crippen molar-refractivity contribution in [2.45, 2.75) is 190 Å². The van der Waals surface area contributed by atoms with E-state index in [1.807, 2.05) is 30.9 Å². The molecule has 17 rings (SSSR count). The average molecular weight is 1880 g/mol. The Balaban J connectivity index is 0.000000167. The van der Waals surface area contributed by atoms with Crippen molar-refractivity contribution in [3.8, 4) is 33.5 Å². The van der Waals surface area contributed by atoms with Crippen molar-refractivity contribution < 1.29 is 97.2 Å². The standard InChI is InChI=1S/C41H36ClF7N6O3S.C35H27Cl2F7N4O3S.C12H21BN2O2/c1-20(2)55-16-23(15-50-55)33-8-6-27(28-5-7-32(42)36-34(19-59(4,57)58)52-53(3)38(28)36)37(51-33)22(9-21-10-24(43)13-25(44)11-21)12-26(56)17-54-18-31(41(47,48)49)35-29-14-30(29)40(45,46)39(35)54;1-47-32-22(3-5-26(36)30(32)27(46-47)15-52(2,50)51)21-4-6-28(37)45-31(21)17(7-16-8-18(38)11-19(39)9-16)10-20(49)13-48-14-25(35(42,43)44)29-23-12-24(23)34(40,41)33(29)48;1-9(2)15-8-10(7-14-15)13-16-11(3,4)12(5,6)17-13/h5-8,10-11,13,15-16,18,20,22,29-30H,9,12,14,17,19H2,1-4H3;3-6,8-9,11,14,17,23-24H,7,10,12-13,15H2,1-2H3;7-9H,1-6H3/t22-,29+,30-;17-,23+,24-;/m11./s1. The number of hydrogen-bond acceptors (Lipinski definition) is 14. The van der Waals surface area contributed by atoms with Gasteiger partial charge in [0.25, 0.3) is 11.8 Å². The van der Waals surface area contributed by atoms with Crippen molar-refractivity contribution in [2.75, 3.05) is 12.5 Å². The van der Waals surface area contributed by atoms with Crippen molar-refractivity contribution >= 4 is 100 Å². The second kappa shape index (κ2) is 33.6. The molecule has 40 heteroatoms. The number of halogens is 17. The van der Waals surface area contributed by atoms with E-state index in [0.717, 1.165) is 42.2 Å². The molecule has 6 atom stereocenters. The molecule has 1 aliphatic heterocycles. The van der Waals surface area contributed by atoms with Gasteiger partial charge in [-0.3, -0.25) is 33.3 Å². The highest BCUT2D eigenvalue weighted by Crippen LogP contribution is 2.70. The van der Waals surface area contributed by atoms with Gasteiger partial charge in [0.2, 0.25) is 0 Å². The smallest absolute Gasteiger partial charge is 0.399 e. The van der Waals surface area contributed by atoms with E-state index in [0.29, 0.717) is 95.0 Å². The lowest BCUT2D eigenvalue weighted by Gasteiger charge is -2.32. The molecule has 0 amide bonds. The first-order chi connectivity index (χ1) is 59.6. The predicted molar refractivity (Wildman–Crippen MR) is 453 cm³/mol. The zero-order chi connectivity index (χ0) is 93.0. The molecule has 0 N–H and O–H groups in total. The summed E-state index contributed by atoms with van der Waals surface area (Å²) in [7, 11) is -4.28. The minimum absolute atomic E-state index is 0.0182. The van der Waals surface area contributed by atoms with Crippen LogP contribution >= 0.6 is 34.8 Å². The van der Waals surface area contributed by atoms with Crippen LogP contribution in [0, 0.1) is 35.1 Å². The lowest BCUT2D eigenvalue weighted by Crippen LogP contribution is -2.41. The molecule has 1 saturated heterocycles. The predicted octanol–water partition coefficient (Wildman–Crippen LogP) is 20.1. The first-order valence-corrected chi connectivity index (χ1v) is 45.9. The van der Waals surface area contributed by atoms with Gasteiger partial charge in [-0.2, -0.15) is 64.3 Å². The lowest BCUT2D eigenvalue weighted by atomic mass is 9.82. The number of nitrogens with zero attached hydrogens (tertiary/aromatic N) is 12. The van der Waals surface area contributed by atoms with E-state index in [9.17, 15) is 70.3 Å². The number of benzene rings is 4. The number of rotatable bonds is 24. The molecule has 20 nitrogen and oxygen atoms in total. The van der Waals surface area contributed by atoms with Gasteiger partial charge in [0.1, 0.15) is 28.4 Å². The van der Waals surface area contributed by atoms with Crippen molar-refractivity contribution in [3.63, 3.8) is 0 Å². The summed E-state index contributed by atoms with van der Waals surface area (Å²) in [5.41, 5.74) is -0.319. The van der Waals surface area contributed by atoms with Gasteiger partial charge >= 0.3 is 19.5 Å². The van der Waals surface area contributed by atoms with Gasteiger partial charge in [-0.05, 0) is 170 Å². The highest BCUT2D eigenvalue weighted by atomic mass is 35.5. The largest absolute Gasteiger partial charge is 0.498 e. The van der Waals surface area contributed by atoms with Crippen LogP contribution in [0.3, 0.4) is 0 Å². The number of sulfone groups is 2. The van der Waals surface area contributed by atoms with E-state index in [1.54, 1.807) is 67.6 Å². The van der Waals surface area contributed by atoms with Gasteiger partial charge in [-0.25, -0.2) is 39.4 Å². The zero-order valence-corrected chi connectivity index (χ0v) is 74.6. The van der Waals surface area contributed by atoms with Crippen molar-refractivity contribution in [1.29, 1.82) is 0 Å². The highest BCUT2D eigenvalue weighted by Gasteiger charge is 2.69. The van der Waals surface area contributed by atoms with E-state index < -0.39 is 185 Å². The molecule has 128 heavy (non-hydrogen) atoms. The number of aryl methyl sites for hydroxylation is 2. The maximum Gasteiger partial charge on any atom is 0.498 e. The summed E-state index contributed by atoms with van der Waals surface area (Å²) in [4.78, 5) is 37.5. The van der Waals surface area contributed by atoms with Crippen molar-refractivity contribution in [3.05, 3.63) is 228 Å². The molecule has 12 aromatic rings. The van der Waals surface area contributed by atoms with Crippen molar-refractivity contribution in [1.82, 2.24) is 58.2 Å². The number of ketones is 2. The van der Waals surface area contributed by atoms with Crippen LogP contribution in [0.25, 0.3) is 55.3 Å². The van der Waals surface area contributed by atoms with Crippen LogP contribution in [0.15, 0.2) is 122 Å². The minimum Gasteiger partial charge on any atom is -0.399 e. The molecule has 0 bridgehead atoms. The Morgan fingerprint density at radius 3 is 1.32 bits per heavy atom. The lowest BCUT2D eigenvalue weighted by molar-refractivity contribution is -0.139. The van der Waals surface area contributed by atoms with E-state index in [4.69, 9.17) is 49.1 Å². The van der Waals surface area contributed by atoms with Crippen LogP contribution in [0.2, 0.25) is 15.2 Å². The number of fused-ring (bicyclic) bond motifs is 8. The third-order valence-electron chi connectivity index (χ3n) is 24.3. The second-order valence-corrected chi connectivity index (χ2v) is 40.7. The molecular weight excluding hydrogens is 1800 g/mol. The van der Waals surface area contributed by atoms with Gasteiger partial charge in [0.15, 0.2) is 31.2 Å². The second-order valence-electron chi connectivity index (χ2n) is 35.2. The fourth-order valence-electron chi connectivity index (χ4n) is 17.8. The van der Waals surface area contributed by atoms with E-state index in [2.05, 4.69) is 66.9 Å². The first-order valence-electron chi connectivity index (χ1n) is 40.6. The maximum atomic E-state index is 15.5. The fourth-order valence-corrected chi connectivity index (χ4v) is 19.9. The van der Waals surface area contributed by atoms with E-state index in [1.165, 1.54) is 21.5 Å². The van der Waals surface area contributed by atoms with Crippen LogP contribution in [0.5, 0.6) is 0 Å². The number of carbonyl (C=O) groups excluding carboxylic acids is 2. The highest BCUT2D eigenvalue weighted by molar-refractivity contribution is 7.90. The van der Waals surface area contributed by atoms with Crippen LogP contribution in [0.1, 0.15) is 184 Å². The molecule has 0 spiro atoms. The van der Waals surface area contributed by atoms with Gasteiger partial charge in [-0.15, -0.1) is 0 Å². The first kappa shape index (κ1) is 92.9. The van der Waals surface area contributed by atoms with Gasteiger partial charge < -0.3 is 18.4 Å². The molecule has 8 aromatic heterocycles. The fraction of sp³-hybridized carbons (Fsp3) is 0.409. The van der Waals surface area contributed by atoms with Crippen molar-refractivity contribution in [2.24, 2.45) is 25.9 Å². The average Bonchev–Trinajstić information content (AvgIpc) is 1.52. The Labute approximate surface area is 741 Å². The Bertz CT molecular complexity index is 6640. The Morgan fingerprint density at radius 2 is 0.930 bits per heavy atom. The Kier molecular flexibility index (Phi) is 24.4. The number of pyridine rings is 2. The Hall–Kier alpha value is -9.79. The summed E-state index contributed by atoms with van der Waals surface area (Å²) < 4.78 is 273. The number of hydrogen-bond donors (Lipinski definition) is 0. The molecular formula is C88H84BCl3F14N12O8S2. The number of alkyl halides is 10. The monoisotopic (exact) mass is 1880 g/mol. The maximum absolute atomic E-state index is 15.5. The molecule has 4 aromatic carbocycles. The van der Waals surface area contributed by atoms with Gasteiger partial charge in [0, 0.05) is 162 Å². The topological polar surface area (TPSA) is 228 Å². The Morgan fingerprint density at radius 1 is 0.539 bits per heavy atom. The number of aromatic nitrogens is 12. The van der Waals surface area contributed by atoms with Crippen LogP contribution in [0.4, 0.5) is 61.5 Å². The van der Waals surface area contributed by atoms with Gasteiger partial charge in [-0.1, -0.05) is 53.0 Å². The quantitative estimate of drug-likeness (QED) is 0.0311. The molecule has 0 radical (unpaired) electrons. The third-order valence-corrected chi connectivity index (χ3v) is 26.7.